The van der Waals surface area contributed by atoms with E-state index in [0.29, 0.717) is 17.7 Å². The number of ketones is 1. The lowest BCUT2D eigenvalue weighted by atomic mass is 9.88. The van der Waals surface area contributed by atoms with Gasteiger partial charge in [-0.3, -0.25) is 4.79 Å². The van der Waals surface area contributed by atoms with Crippen molar-refractivity contribution in [3.05, 3.63) is 64.7 Å². The van der Waals surface area contributed by atoms with Crippen molar-refractivity contribution in [1.82, 2.24) is 0 Å². The summed E-state index contributed by atoms with van der Waals surface area (Å²) in [5.41, 5.74) is 1.63. The van der Waals surface area contributed by atoms with Crippen molar-refractivity contribution in [1.29, 1.82) is 0 Å². The van der Waals surface area contributed by atoms with E-state index >= 15 is 0 Å². The maximum absolute atomic E-state index is 14.0. The standard InChI is InChI=1S/C18H16F2O2/c1-22-13-6-7-14-11(9-13)3-2-4-15(18(14)21)16-10-12(19)5-8-17(16)20/h5-10,15H,2-4H2,1H3. The number of aryl methyl sites for hydroxylation is 1. The number of benzene rings is 2. The van der Waals surface area contributed by atoms with Gasteiger partial charge in [-0.05, 0) is 61.2 Å². The predicted octanol–water partition coefficient (Wildman–Crippen LogP) is 4.28. The van der Waals surface area contributed by atoms with E-state index in [2.05, 4.69) is 0 Å². The summed E-state index contributed by atoms with van der Waals surface area (Å²) in [4.78, 5) is 12.8. The van der Waals surface area contributed by atoms with Crippen molar-refractivity contribution in [2.75, 3.05) is 7.11 Å². The summed E-state index contributed by atoms with van der Waals surface area (Å²) in [6.45, 7) is 0. The largest absolute Gasteiger partial charge is 0.497 e. The van der Waals surface area contributed by atoms with Crippen molar-refractivity contribution in [3.8, 4) is 5.75 Å². The van der Waals surface area contributed by atoms with Gasteiger partial charge in [0.25, 0.3) is 0 Å². The molecular weight excluding hydrogens is 286 g/mol. The topological polar surface area (TPSA) is 26.3 Å². The second-order valence-electron chi connectivity index (χ2n) is 5.50. The molecule has 0 radical (unpaired) electrons. The number of methoxy groups -OCH3 is 1. The molecule has 3 rings (SSSR count). The van der Waals surface area contributed by atoms with Gasteiger partial charge in [0.15, 0.2) is 5.78 Å². The SMILES string of the molecule is COc1ccc2c(c1)CCCC(c1cc(F)ccc1F)C2=O. The molecule has 0 saturated heterocycles. The van der Waals surface area contributed by atoms with Crippen LogP contribution in [0.1, 0.15) is 40.2 Å². The Morgan fingerprint density at radius 1 is 1.14 bits per heavy atom. The highest BCUT2D eigenvalue weighted by molar-refractivity contribution is 6.02. The molecule has 0 heterocycles. The lowest BCUT2D eigenvalue weighted by molar-refractivity contribution is 0.0955. The Labute approximate surface area is 127 Å². The van der Waals surface area contributed by atoms with E-state index in [1.54, 1.807) is 19.2 Å². The zero-order valence-corrected chi connectivity index (χ0v) is 12.2. The van der Waals surface area contributed by atoms with Crippen LogP contribution in [0.3, 0.4) is 0 Å². The summed E-state index contributed by atoms with van der Waals surface area (Å²) in [7, 11) is 1.57. The van der Waals surface area contributed by atoms with Gasteiger partial charge in [-0.15, -0.1) is 0 Å². The molecule has 2 nitrogen and oxygen atoms in total. The summed E-state index contributed by atoms with van der Waals surface area (Å²) in [6.07, 6.45) is 1.98. The van der Waals surface area contributed by atoms with Gasteiger partial charge in [0.1, 0.15) is 17.4 Å². The van der Waals surface area contributed by atoms with Crippen molar-refractivity contribution in [3.63, 3.8) is 0 Å². The molecule has 0 fully saturated rings. The van der Waals surface area contributed by atoms with Crippen LogP contribution in [0.4, 0.5) is 8.78 Å². The highest BCUT2D eigenvalue weighted by Crippen LogP contribution is 2.34. The number of Topliss-reactive ketones (excluding diaryl/α,β-unsaturated/α-hetero) is 1. The van der Waals surface area contributed by atoms with E-state index in [4.69, 9.17) is 4.74 Å². The summed E-state index contributed by atoms with van der Waals surface area (Å²) in [5, 5.41) is 0. The van der Waals surface area contributed by atoms with Gasteiger partial charge in [0, 0.05) is 11.1 Å². The van der Waals surface area contributed by atoms with E-state index in [1.165, 1.54) is 0 Å². The van der Waals surface area contributed by atoms with E-state index in [1.807, 2.05) is 6.07 Å². The number of rotatable bonds is 2. The predicted molar refractivity (Wildman–Crippen MR) is 79.4 cm³/mol. The number of hydrogen-bond acceptors (Lipinski definition) is 2. The third-order valence-corrected chi connectivity index (χ3v) is 4.17. The van der Waals surface area contributed by atoms with Crippen LogP contribution in [0.25, 0.3) is 0 Å². The van der Waals surface area contributed by atoms with Gasteiger partial charge in [0.05, 0.1) is 13.0 Å². The minimum absolute atomic E-state index is 0.147. The average Bonchev–Trinajstić information content (AvgIpc) is 2.68. The molecule has 114 valence electrons. The van der Waals surface area contributed by atoms with Crippen molar-refractivity contribution >= 4 is 5.78 Å². The average molecular weight is 302 g/mol. The third kappa shape index (κ3) is 2.61. The monoisotopic (exact) mass is 302 g/mol. The molecular formula is C18H16F2O2. The van der Waals surface area contributed by atoms with Gasteiger partial charge in [-0.25, -0.2) is 8.78 Å². The Morgan fingerprint density at radius 2 is 1.95 bits per heavy atom. The molecule has 0 aromatic heterocycles. The normalized spacial score (nSPS) is 17.8. The summed E-state index contributed by atoms with van der Waals surface area (Å²) >= 11 is 0. The van der Waals surface area contributed by atoms with E-state index in [0.717, 1.165) is 36.6 Å². The van der Waals surface area contributed by atoms with Crippen LogP contribution in [-0.4, -0.2) is 12.9 Å². The Bertz CT molecular complexity index is 725. The number of carbonyl (C=O) groups is 1. The third-order valence-electron chi connectivity index (χ3n) is 4.17. The summed E-state index contributed by atoms with van der Waals surface area (Å²) in [5.74, 6) is -1.15. The number of fused-ring (bicyclic) bond motifs is 1. The molecule has 4 heteroatoms. The molecule has 1 atom stereocenters. The molecule has 1 aliphatic carbocycles. The smallest absolute Gasteiger partial charge is 0.170 e. The summed E-state index contributed by atoms with van der Waals surface area (Å²) < 4.78 is 32.6. The van der Waals surface area contributed by atoms with Gasteiger partial charge < -0.3 is 4.74 Å². The molecule has 0 N–H and O–H groups in total. The van der Waals surface area contributed by atoms with Crippen molar-refractivity contribution in [2.24, 2.45) is 0 Å². The second kappa shape index (κ2) is 5.87. The Balaban J connectivity index is 2.04. The first kappa shape index (κ1) is 14.7. The molecule has 0 aliphatic heterocycles. The first-order valence-electron chi connectivity index (χ1n) is 7.26. The molecule has 1 unspecified atom stereocenters. The first-order chi connectivity index (χ1) is 10.6. The quantitative estimate of drug-likeness (QED) is 0.774. The fraction of sp³-hybridized carbons (Fsp3) is 0.278. The molecule has 0 saturated carbocycles. The van der Waals surface area contributed by atoms with Crippen LogP contribution < -0.4 is 4.74 Å². The highest BCUT2D eigenvalue weighted by atomic mass is 19.1. The number of halogens is 2. The van der Waals surface area contributed by atoms with Crippen molar-refractivity contribution in [2.45, 2.75) is 25.2 Å². The van der Waals surface area contributed by atoms with Crippen LogP contribution in [0, 0.1) is 11.6 Å². The minimum atomic E-state index is -0.634. The number of carbonyl (C=O) groups excluding carboxylic acids is 1. The maximum atomic E-state index is 14.0. The Hall–Kier alpha value is -2.23. The fourth-order valence-corrected chi connectivity index (χ4v) is 3.04. The fourth-order valence-electron chi connectivity index (χ4n) is 3.04. The molecule has 0 amide bonds. The maximum Gasteiger partial charge on any atom is 0.170 e. The minimum Gasteiger partial charge on any atom is -0.497 e. The Morgan fingerprint density at radius 3 is 2.73 bits per heavy atom. The van der Waals surface area contributed by atoms with Crippen LogP contribution in [-0.2, 0) is 6.42 Å². The number of ether oxygens (including phenoxy) is 1. The molecule has 2 aromatic rings. The van der Waals surface area contributed by atoms with Gasteiger partial charge >= 0.3 is 0 Å². The Kier molecular flexibility index (Phi) is 3.92. The number of hydrogen-bond donors (Lipinski definition) is 0. The van der Waals surface area contributed by atoms with Crippen LogP contribution >= 0.6 is 0 Å². The molecule has 1 aliphatic rings. The zero-order chi connectivity index (χ0) is 15.7. The van der Waals surface area contributed by atoms with Crippen LogP contribution in [0.15, 0.2) is 36.4 Å². The van der Waals surface area contributed by atoms with E-state index < -0.39 is 17.6 Å². The lowest BCUT2D eigenvalue weighted by Crippen LogP contribution is -2.14. The van der Waals surface area contributed by atoms with Gasteiger partial charge in [-0.2, -0.15) is 0 Å². The van der Waals surface area contributed by atoms with Gasteiger partial charge in [-0.1, -0.05) is 0 Å². The van der Waals surface area contributed by atoms with E-state index in [-0.39, 0.29) is 11.3 Å². The molecule has 22 heavy (non-hydrogen) atoms. The van der Waals surface area contributed by atoms with Crippen LogP contribution in [0.2, 0.25) is 0 Å². The molecule has 0 bridgehead atoms. The molecule has 0 spiro atoms. The van der Waals surface area contributed by atoms with Crippen LogP contribution in [0.5, 0.6) is 5.75 Å². The summed E-state index contributed by atoms with van der Waals surface area (Å²) in [6, 6.07) is 8.56. The zero-order valence-electron chi connectivity index (χ0n) is 12.2. The van der Waals surface area contributed by atoms with Gasteiger partial charge in [0.2, 0.25) is 0 Å². The van der Waals surface area contributed by atoms with Crippen molar-refractivity contribution < 1.29 is 18.3 Å². The molecule has 2 aromatic carbocycles. The second-order valence-corrected chi connectivity index (χ2v) is 5.50. The lowest BCUT2D eigenvalue weighted by Gasteiger charge is -2.15. The highest BCUT2D eigenvalue weighted by Gasteiger charge is 2.29. The van der Waals surface area contributed by atoms with E-state index in [9.17, 15) is 13.6 Å². The first-order valence-corrected chi connectivity index (χ1v) is 7.26.